The number of hydrogen-bond donors (Lipinski definition) is 7. The van der Waals surface area contributed by atoms with Gasteiger partial charge >= 0.3 is 0 Å². The Balaban J connectivity index is 0. The van der Waals surface area contributed by atoms with Gasteiger partial charge in [0.25, 0.3) is 0 Å². The maximum Gasteiger partial charge on any atom is 0.0856 e. The van der Waals surface area contributed by atoms with Crippen molar-refractivity contribution in [2.24, 2.45) is 11.1 Å². The van der Waals surface area contributed by atoms with Crippen LogP contribution in [0.15, 0.2) is 0 Å². The molecule has 0 radical (unpaired) electrons. The maximum atomic E-state index is 8.79. The first-order valence-corrected chi connectivity index (χ1v) is 5.87. The number of rotatable bonds is 8. The van der Waals surface area contributed by atoms with Gasteiger partial charge in [-0.3, -0.25) is 0 Å². The third kappa shape index (κ3) is 7.22. The van der Waals surface area contributed by atoms with Crippen LogP contribution in [0, 0.1) is 5.41 Å². The van der Waals surface area contributed by atoms with Crippen molar-refractivity contribution in [2.75, 3.05) is 39.6 Å². The zero-order valence-electron chi connectivity index (χ0n) is 10.9. The van der Waals surface area contributed by atoms with Gasteiger partial charge in [0, 0.05) is 5.41 Å². The second-order valence-corrected chi connectivity index (χ2v) is 4.56. The zero-order chi connectivity index (χ0) is 14.7. The molecule has 0 aromatic rings. The van der Waals surface area contributed by atoms with Crippen molar-refractivity contribution in [3.8, 4) is 0 Å². The van der Waals surface area contributed by atoms with Crippen LogP contribution in [-0.4, -0.2) is 75.8 Å². The lowest BCUT2D eigenvalue weighted by Crippen LogP contribution is -2.50. The first kappa shape index (κ1) is 20.0. The molecule has 0 amide bonds. The Morgan fingerprint density at radius 3 is 1.11 bits per heavy atom. The lowest BCUT2D eigenvalue weighted by molar-refractivity contribution is -0.00101. The van der Waals surface area contributed by atoms with E-state index in [1.807, 2.05) is 6.92 Å². The Morgan fingerprint density at radius 1 is 0.722 bits per heavy atom. The largest absolute Gasteiger partial charge is 0.396 e. The predicted octanol–water partition coefficient (Wildman–Crippen LogP) is -2.59. The first-order valence-electron chi connectivity index (χ1n) is 5.87. The Morgan fingerprint density at radius 2 is 1.06 bits per heavy atom. The first-order chi connectivity index (χ1) is 8.42. The van der Waals surface area contributed by atoms with E-state index < -0.39 is 30.8 Å². The summed E-state index contributed by atoms with van der Waals surface area (Å²) in [5.41, 5.74) is 3.28. The standard InChI is InChI=1S/C7H16O3.C4H11NO3/c1-2-3-7(4-8,5-9)6-10;5-4(1-6,2-7)3-8/h8-10H,2-6H2,1H3;6-8H,1-3,5H2. The van der Waals surface area contributed by atoms with E-state index in [1.165, 1.54) is 0 Å². The molecule has 0 atom stereocenters. The molecule has 0 spiro atoms. The second kappa shape index (κ2) is 10.6. The van der Waals surface area contributed by atoms with Crippen molar-refractivity contribution >= 4 is 0 Å². The zero-order valence-corrected chi connectivity index (χ0v) is 10.9. The van der Waals surface area contributed by atoms with Crippen LogP contribution in [0.5, 0.6) is 0 Å². The van der Waals surface area contributed by atoms with E-state index in [2.05, 4.69) is 0 Å². The minimum atomic E-state index is -1.21. The SMILES string of the molecule is CCCC(CO)(CO)CO.NC(CO)(CO)CO. The van der Waals surface area contributed by atoms with Gasteiger partial charge in [0.1, 0.15) is 0 Å². The average molecular weight is 269 g/mol. The summed E-state index contributed by atoms with van der Waals surface area (Å²) >= 11 is 0. The van der Waals surface area contributed by atoms with Crippen LogP contribution in [-0.2, 0) is 0 Å². The van der Waals surface area contributed by atoms with Crippen molar-refractivity contribution in [3.63, 3.8) is 0 Å². The third-order valence-electron chi connectivity index (χ3n) is 2.73. The molecule has 0 aromatic carbocycles. The van der Waals surface area contributed by atoms with E-state index in [-0.39, 0.29) is 19.8 Å². The Labute approximate surface area is 107 Å². The Bertz CT molecular complexity index is 166. The quantitative estimate of drug-likeness (QED) is 0.256. The summed E-state index contributed by atoms with van der Waals surface area (Å²) < 4.78 is 0. The molecule has 0 bridgehead atoms. The van der Waals surface area contributed by atoms with Crippen LogP contribution in [0.3, 0.4) is 0 Å². The van der Waals surface area contributed by atoms with Crippen molar-refractivity contribution in [1.29, 1.82) is 0 Å². The van der Waals surface area contributed by atoms with Crippen LogP contribution >= 0.6 is 0 Å². The van der Waals surface area contributed by atoms with Gasteiger partial charge in [-0.2, -0.15) is 0 Å². The summed E-state index contributed by atoms with van der Waals surface area (Å²) in [6.45, 7) is 0.311. The summed E-state index contributed by atoms with van der Waals surface area (Å²) in [6.07, 6.45) is 1.53. The fourth-order valence-electron chi connectivity index (χ4n) is 1.07. The van der Waals surface area contributed by atoms with Gasteiger partial charge in [-0.25, -0.2) is 0 Å². The number of aliphatic hydroxyl groups excluding tert-OH is 6. The molecule has 0 aliphatic carbocycles. The highest BCUT2D eigenvalue weighted by Gasteiger charge is 2.26. The molecule has 18 heavy (non-hydrogen) atoms. The summed E-state index contributed by atoms with van der Waals surface area (Å²) in [5.74, 6) is 0. The summed E-state index contributed by atoms with van der Waals surface area (Å²) in [5, 5.41) is 51.4. The van der Waals surface area contributed by atoms with E-state index in [0.29, 0.717) is 6.42 Å². The smallest absolute Gasteiger partial charge is 0.0856 e. The Hall–Kier alpha value is -0.280. The molecule has 0 heterocycles. The van der Waals surface area contributed by atoms with Crippen molar-refractivity contribution in [2.45, 2.75) is 25.3 Å². The molecule has 0 saturated carbocycles. The molecular weight excluding hydrogens is 242 g/mol. The van der Waals surface area contributed by atoms with Crippen molar-refractivity contribution in [1.82, 2.24) is 0 Å². The van der Waals surface area contributed by atoms with Gasteiger partial charge in [0.15, 0.2) is 0 Å². The van der Waals surface area contributed by atoms with E-state index >= 15 is 0 Å². The second-order valence-electron chi connectivity index (χ2n) is 4.56. The minimum Gasteiger partial charge on any atom is -0.396 e. The van der Waals surface area contributed by atoms with Crippen molar-refractivity contribution < 1.29 is 30.6 Å². The number of aliphatic hydroxyl groups is 6. The van der Waals surface area contributed by atoms with Crippen molar-refractivity contribution in [3.05, 3.63) is 0 Å². The molecule has 112 valence electrons. The van der Waals surface area contributed by atoms with Crippen LogP contribution in [0.2, 0.25) is 0 Å². The summed E-state index contributed by atoms with van der Waals surface area (Å²) in [7, 11) is 0. The van der Waals surface area contributed by atoms with Gasteiger partial charge < -0.3 is 36.4 Å². The normalized spacial score (nSPS) is 12.0. The number of hydrogen-bond acceptors (Lipinski definition) is 7. The van der Waals surface area contributed by atoms with Gasteiger partial charge in [-0.15, -0.1) is 0 Å². The minimum absolute atomic E-state index is 0.145. The molecule has 8 N–H and O–H groups in total. The van der Waals surface area contributed by atoms with E-state index in [9.17, 15) is 0 Å². The third-order valence-corrected chi connectivity index (χ3v) is 2.73. The van der Waals surface area contributed by atoms with Crippen LogP contribution in [0.25, 0.3) is 0 Å². The Kier molecular flexibility index (Phi) is 11.8. The maximum absolute atomic E-state index is 8.79. The highest BCUT2D eigenvalue weighted by atomic mass is 16.3. The molecule has 0 rings (SSSR count). The van der Waals surface area contributed by atoms with Gasteiger partial charge in [-0.1, -0.05) is 13.3 Å². The summed E-state index contributed by atoms with van der Waals surface area (Å²) in [6, 6.07) is 0. The number of nitrogens with two attached hydrogens (primary N) is 1. The molecule has 0 fully saturated rings. The highest BCUT2D eigenvalue weighted by molar-refractivity contribution is 4.80. The van der Waals surface area contributed by atoms with E-state index in [1.54, 1.807) is 0 Å². The monoisotopic (exact) mass is 269 g/mol. The topological polar surface area (TPSA) is 147 Å². The molecule has 0 aliphatic heterocycles. The molecule has 0 aromatic heterocycles. The molecule has 0 aliphatic rings. The fourth-order valence-corrected chi connectivity index (χ4v) is 1.07. The summed E-state index contributed by atoms with van der Waals surface area (Å²) in [4.78, 5) is 0. The van der Waals surface area contributed by atoms with Gasteiger partial charge in [0.05, 0.1) is 45.2 Å². The molecule has 0 saturated heterocycles. The van der Waals surface area contributed by atoms with Crippen LogP contribution in [0.4, 0.5) is 0 Å². The van der Waals surface area contributed by atoms with Crippen LogP contribution < -0.4 is 5.73 Å². The lowest BCUT2D eigenvalue weighted by atomic mass is 9.86. The molecule has 7 nitrogen and oxygen atoms in total. The lowest BCUT2D eigenvalue weighted by Gasteiger charge is -2.26. The van der Waals surface area contributed by atoms with Gasteiger partial charge in [-0.05, 0) is 6.42 Å². The average Bonchev–Trinajstić information content (AvgIpc) is 2.45. The predicted molar refractivity (Wildman–Crippen MR) is 66.8 cm³/mol. The molecule has 0 unspecified atom stereocenters. The van der Waals surface area contributed by atoms with E-state index in [4.69, 9.17) is 36.4 Å². The molecule has 7 heteroatoms. The van der Waals surface area contributed by atoms with Gasteiger partial charge in [0.2, 0.25) is 0 Å². The molecular formula is C11H27NO6. The van der Waals surface area contributed by atoms with E-state index in [0.717, 1.165) is 6.42 Å². The highest BCUT2D eigenvalue weighted by Crippen LogP contribution is 2.21. The fraction of sp³-hybridized carbons (Fsp3) is 1.00. The van der Waals surface area contributed by atoms with Crippen LogP contribution in [0.1, 0.15) is 19.8 Å².